The molecular formula is C30H33FN6O4. The van der Waals surface area contributed by atoms with Gasteiger partial charge in [0.25, 0.3) is 0 Å². The molecule has 3 aromatic carbocycles. The number of nitrogens with one attached hydrogen (secondary N) is 1. The highest BCUT2D eigenvalue weighted by Crippen LogP contribution is 2.29. The summed E-state index contributed by atoms with van der Waals surface area (Å²) in [7, 11) is 0. The van der Waals surface area contributed by atoms with Gasteiger partial charge in [0.05, 0.1) is 6.54 Å². The molecule has 11 heteroatoms. The van der Waals surface area contributed by atoms with Gasteiger partial charge in [-0.25, -0.2) is 14.2 Å². The first-order valence-electron chi connectivity index (χ1n) is 13.5. The lowest BCUT2D eigenvalue weighted by Gasteiger charge is -2.54. The van der Waals surface area contributed by atoms with Crippen LogP contribution in [0.4, 0.5) is 9.18 Å². The Bertz CT molecular complexity index is 1360. The number of fused-ring (bicyclic) bond motifs is 1. The zero-order chi connectivity index (χ0) is 28.9. The normalized spacial score (nSPS) is 20.1. The first kappa shape index (κ1) is 28.1. The molecule has 2 aliphatic rings. The van der Waals surface area contributed by atoms with Crippen LogP contribution in [0.1, 0.15) is 22.7 Å². The van der Waals surface area contributed by atoms with Gasteiger partial charge in [0, 0.05) is 25.6 Å². The van der Waals surface area contributed by atoms with E-state index in [4.69, 9.17) is 5.73 Å². The molecule has 2 heterocycles. The lowest BCUT2D eigenvalue weighted by molar-refractivity contribution is -0.195. The number of benzene rings is 3. The Labute approximate surface area is 237 Å². The molecule has 3 atom stereocenters. The van der Waals surface area contributed by atoms with E-state index in [9.17, 15) is 23.9 Å². The van der Waals surface area contributed by atoms with Gasteiger partial charge in [-0.15, -0.1) is 0 Å². The predicted octanol–water partition coefficient (Wildman–Crippen LogP) is 2.37. The number of carbonyl (C=O) groups is 3. The summed E-state index contributed by atoms with van der Waals surface area (Å²) >= 11 is 0. The number of hydrazine groups is 1. The molecule has 4 amide bonds. The summed E-state index contributed by atoms with van der Waals surface area (Å²) < 4.78 is 14.3. The van der Waals surface area contributed by atoms with Crippen LogP contribution in [0.3, 0.4) is 0 Å². The average molecular weight is 561 g/mol. The highest BCUT2D eigenvalue weighted by Gasteiger charge is 2.51. The molecule has 0 aliphatic carbocycles. The summed E-state index contributed by atoms with van der Waals surface area (Å²) in [5.41, 5.74) is 8.92. The Kier molecular flexibility index (Phi) is 8.46. The molecule has 2 fully saturated rings. The maximum absolute atomic E-state index is 14.3. The molecule has 2 saturated heterocycles. The zero-order valence-electron chi connectivity index (χ0n) is 22.5. The van der Waals surface area contributed by atoms with Crippen LogP contribution in [0, 0.1) is 0 Å². The molecule has 4 N–H and O–H groups in total. The number of phenolic OH excluding ortho intramolecular Hbond substituents is 1. The van der Waals surface area contributed by atoms with Gasteiger partial charge in [-0.2, -0.15) is 5.01 Å². The van der Waals surface area contributed by atoms with E-state index in [1.807, 2.05) is 60.7 Å². The number of rotatable bonds is 8. The van der Waals surface area contributed by atoms with E-state index in [2.05, 4.69) is 5.32 Å². The van der Waals surface area contributed by atoms with Gasteiger partial charge in [-0.05, 0) is 28.8 Å². The number of nitrogens with zero attached hydrogens (tertiary/aromatic N) is 4. The van der Waals surface area contributed by atoms with Gasteiger partial charge in [-0.1, -0.05) is 72.8 Å². The van der Waals surface area contributed by atoms with E-state index in [1.54, 1.807) is 17.0 Å². The van der Waals surface area contributed by atoms with Crippen molar-refractivity contribution in [3.05, 3.63) is 102 Å². The third-order valence-corrected chi connectivity index (χ3v) is 7.47. The van der Waals surface area contributed by atoms with Crippen LogP contribution < -0.4 is 11.1 Å². The topological polar surface area (TPSA) is 122 Å². The van der Waals surface area contributed by atoms with E-state index < -0.39 is 37.0 Å². The minimum absolute atomic E-state index is 0.0282. The molecule has 2 aliphatic heterocycles. The summed E-state index contributed by atoms with van der Waals surface area (Å²) in [5.74, 6) is -0.612. The highest BCUT2D eigenvalue weighted by atomic mass is 19.1. The number of alkyl halides is 1. The number of halogens is 1. The Morgan fingerprint density at radius 1 is 0.976 bits per heavy atom. The standard InChI is InChI=1S/C30H33FN6O4/c31-20-35-19-28(39)36-26(15-21-7-3-1-4-8-21)29(40)34(17-25(32)23-9-5-2-6-10-23)18-27(36)37(35)30(41)33-16-22-11-13-24(38)14-12-22/h1-14,25-27,38H,15-20,32H2,(H,33,41)/t25?,26-,27-/m0/s1. The number of aromatic hydroxyl groups is 1. The molecule has 41 heavy (non-hydrogen) atoms. The second-order valence-corrected chi connectivity index (χ2v) is 10.2. The van der Waals surface area contributed by atoms with Crippen LogP contribution in [0.5, 0.6) is 5.75 Å². The van der Waals surface area contributed by atoms with Gasteiger partial charge < -0.3 is 26.0 Å². The number of piperazine rings is 1. The Hall–Kier alpha value is -4.48. The average Bonchev–Trinajstić information content (AvgIpc) is 2.99. The van der Waals surface area contributed by atoms with Crippen LogP contribution in [0.25, 0.3) is 0 Å². The smallest absolute Gasteiger partial charge is 0.334 e. The van der Waals surface area contributed by atoms with Crippen molar-refractivity contribution in [1.82, 2.24) is 25.1 Å². The first-order valence-corrected chi connectivity index (χ1v) is 13.5. The summed E-state index contributed by atoms with van der Waals surface area (Å²) in [6.07, 6.45) is -0.710. The Morgan fingerprint density at radius 3 is 2.29 bits per heavy atom. The summed E-state index contributed by atoms with van der Waals surface area (Å²) in [6.45, 7) is -1.21. The van der Waals surface area contributed by atoms with Gasteiger partial charge >= 0.3 is 6.03 Å². The van der Waals surface area contributed by atoms with Crippen LogP contribution >= 0.6 is 0 Å². The van der Waals surface area contributed by atoms with Crippen LogP contribution in [-0.2, 0) is 22.6 Å². The second-order valence-electron chi connectivity index (χ2n) is 10.2. The van der Waals surface area contributed by atoms with Crippen molar-refractivity contribution in [2.24, 2.45) is 5.73 Å². The van der Waals surface area contributed by atoms with E-state index in [0.717, 1.165) is 21.7 Å². The monoisotopic (exact) mass is 560 g/mol. The van der Waals surface area contributed by atoms with Gasteiger partial charge in [0.15, 0.2) is 6.80 Å². The first-order chi connectivity index (χ1) is 19.9. The Morgan fingerprint density at radius 2 is 1.63 bits per heavy atom. The predicted molar refractivity (Wildman–Crippen MR) is 149 cm³/mol. The summed E-state index contributed by atoms with van der Waals surface area (Å²) in [6, 6.07) is 23.0. The van der Waals surface area contributed by atoms with Crippen molar-refractivity contribution in [3.8, 4) is 5.75 Å². The molecule has 0 bridgehead atoms. The zero-order valence-corrected chi connectivity index (χ0v) is 22.5. The van der Waals surface area contributed by atoms with Crippen LogP contribution in [0.15, 0.2) is 84.9 Å². The maximum Gasteiger partial charge on any atom is 0.334 e. The molecule has 10 nitrogen and oxygen atoms in total. The Balaban J connectivity index is 1.45. The number of carbonyl (C=O) groups excluding carboxylic acids is 3. The number of hydrogen-bond donors (Lipinski definition) is 3. The van der Waals surface area contributed by atoms with Crippen molar-refractivity contribution >= 4 is 17.8 Å². The minimum Gasteiger partial charge on any atom is -0.508 e. The van der Waals surface area contributed by atoms with E-state index in [-0.39, 0.29) is 44.3 Å². The quantitative estimate of drug-likeness (QED) is 0.364. The molecule has 214 valence electrons. The third-order valence-electron chi connectivity index (χ3n) is 7.47. The van der Waals surface area contributed by atoms with Gasteiger partial charge in [0.1, 0.15) is 24.5 Å². The fraction of sp³-hybridized carbons (Fsp3) is 0.300. The highest BCUT2D eigenvalue weighted by molar-refractivity contribution is 5.91. The molecule has 3 aromatic rings. The minimum atomic E-state index is -1.07. The van der Waals surface area contributed by atoms with E-state index >= 15 is 0 Å². The molecule has 1 unspecified atom stereocenters. The van der Waals surface area contributed by atoms with Crippen LogP contribution in [-0.4, -0.2) is 81.4 Å². The van der Waals surface area contributed by atoms with Gasteiger partial charge in [-0.3, -0.25) is 9.59 Å². The molecular weight excluding hydrogens is 527 g/mol. The molecule has 0 saturated carbocycles. The lowest BCUT2D eigenvalue weighted by atomic mass is 9.98. The molecule has 5 rings (SSSR count). The molecule has 0 spiro atoms. The van der Waals surface area contributed by atoms with Crippen LogP contribution in [0.2, 0.25) is 0 Å². The number of urea groups is 1. The van der Waals surface area contributed by atoms with E-state index in [1.165, 1.54) is 22.0 Å². The van der Waals surface area contributed by atoms with Crippen molar-refractivity contribution in [2.45, 2.75) is 31.2 Å². The SMILES string of the molecule is NC(CN1C[C@H]2N(C(=O)CN(CF)N2C(=O)NCc2ccc(O)cc2)[C@@H](Cc2ccccc2)C1=O)c1ccccc1. The van der Waals surface area contributed by atoms with Crippen molar-refractivity contribution in [3.63, 3.8) is 0 Å². The fourth-order valence-electron chi connectivity index (χ4n) is 5.42. The number of amides is 4. The van der Waals surface area contributed by atoms with Crippen molar-refractivity contribution < 1.29 is 23.9 Å². The molecule has 0 radical (unpaired) electrons. The number of nitrogens with two attached hydrogens (primary N) is 1. The second kappa shape index (κ2) is 12.4. The summed E-state index contributed by atoms with van der Waals surface area (Å²) in [4.78, 5) is 43.9. The third kappa shape index (κ3) is 6.16. The number of hydrogen-bond acceptors (Lipinski definition) is 6. The van der Waals surface area contributed by atoms with E-state index in [0.29, 0.717) is 0 Å². The fourth-order valence-corrected chi connectivity index (χ4v) is 5.42. The molecule has 0 aromatic heterocycles. The van der Waals surface area contributed by atoms with Gasteiger partial charge in [0.2, 0.25) is 11.8 Å². The largest absolute Gasteiger partial charge is 0.508 e. The maximum atomic E-state index is 14.3. The lowest BCUT2D eigenvalue weighted by Crippen LogP contribution is -2.76. The number of phenols is 1. The van der Waals surface area contributed by atoms with Crippen molar-refractivity contribution in [2.75, 3.05) is 26.4 Å². The van der Waals surface area contributed by atoms with Crippen molar-refractivity contribution in [1.29, 1.82) is 0 Å². The summed E-state index contributed by atoms with van der Waals surface area (Å²) in [5, 5.41) is 14.6.